The third-order valence-corrected chi connectivity index (χ3v) is 2.84. The fraction of sp³-hybridized carbons (Fsp3) is 0.0769. The third kappa shape index (κ3) is 1.75. The number of aryl methyl sites for hydroxylation is 1. The predicted molar refractivity (Wildman–Crippen MR) is 72.6 cm³/mol. The van der Waals surface area contributed by atoms with Crippen molar-refractivity contribution in [2.45, 2.75) is 0 Å². The Balaban J connectivity index is 2.09. The van der Waals surface area contributed by atoms with Crippen LogP contribution in [0.3, 0.4) is 0 Å². The lowest BCUT2D eigenvalue weighted by Crippen LogP contribution is -1.94. The molecule has 1 aromatic carbocycles. The van der Waals surface area contributed by atoms with Gasteiger partial charge in [0.05, 0.1) is 11.9 Å². The molecule has 0 saturated heterocycles. The third-order valence-electron chi connectivity index (χ3n) is 2.84. The molecular formula is C13H13N5. The Morgan fingerprint density at radius 3 is 2.83 bits per heavy atom. The van der Waals surface area contributed by atoms with Crippen molar-refractivity contribution in [3.63, 3.8) is 0 Å². The maximum absolute atomic E-state index is 5.95. The van der Waals surface area contributed by atoms with Crippen LogP contribution in [-0.2, 0) is 7.05 Å². The van der Waals surface area contributed by atoms with Gasteiger partial charge in [0.2, 0.25) is 0 Å². The number of hydrogen-bond acceptors (Lipinski definition) is 4. The zero-order valence-electron chi connectivity index (χ0n) is 9.96. The van der Waals surface area contributed by atoms with Gasteiger partial charge in [-0.05, 0) is 18.2 Å². The minimum Gasteiger partial charge on any atom is -0.398 e. The highest BCUT2D eigenvalue weighted by atomic mass is 15.3. The standard InChI is InChI=1S/C13H13N5/c1-18-8-9(6-16-18)17-13-3-2-12(14)10-4-5-15-7-11(10)13/h2-8,17H,14H2,1H3. The van der Waals surface area contributed by atoms with Gasteiger partial charge in [0.25, 0.3) is 0 Å². The molecule has 90 valence electrons. The number of anilines is 3. The van der Waals surface area contributed by atoms with Gasteiger partial charge in [-0.25, -0.2) is 0 Å². The summed E-state index contributed by atoms with van der Waals surface area (Å²) in [5, 5.41) is 9.44. The molecular weight excluding hydrogens is 226 g/mol. The van der Waals surface area contributed by atoms with E-state index in [1.54, 1.807) is 17.1 Å². The van der Waals surface area contributed by atoms with Gasteiger partial charge in [-0.1, -0.05) is 0 Å². The molecule has 3 aromatic rings. The second-order valence-electron chi connectivity index (χ2n) is 4.15. The summed E-state index contributed by atoms with van der Waals surface area (Å²) >= 11 is 0. The van der Waals surface area contributed by atoms with E-state index in [9.17, 15) is 0 Å². The number of nitrogens with two attached hydrogens (primary N) is 1. The molecule has 3 rings (SSSR count). The number of nitrogen functional groups attached to an aromatic ring is 1. The van der Waals surface area contributed by atoms with Gasteiger partial charge < -0.3 is 11.1 Å². The lowest BCUT2D eigenvalue weighted by atomic mass is 10.1. The number of rotatable bonds is 2. The zero-order valence-corrected chi connectivity index (χ0v) is 9.96. The van der Waals surface area contributed by atoms with Crippen molar-refractivity contribution in [3.8, 4) is 0 Å². The summed E-state index contributed by atoms with van der Waals surface area (Å²) in [4.78, 5) is 4.15. The molecule has 0 bridgehead atoms. The van der Waals surface area contributed by atoms with Crippen molar-refractivity contribution >= 4 is 27.8 Å². The van der Waals surface area contributed by atoms with Gasteiger partial charge in [-0.3, -0.25) is 9.67 Å². The Morgan fingerprint density at radius 2 is 2.06 bits per heavy atom. The summed E-state index contributed by atoms with van der Waals surface area (Å²) in [6.45, 7) is 0. The van der Waals surface area contributed by atoms with E-state index in [2.05, 4.69) is 15.4 Å². The molecule has 0 atom stereocenters. The lowest BCUT2D eigenvalue weighted by molar-refractivity contribution is 0.768. The fourth-order valence-corrected chi connectivity index (χ4v) is 1.96. The van der Waals surface area contributed by atoms with Gasteiger partial charge in [0.1, 0.15) is 0 Å². The Hall–Kier alpha value is -2.56. The minimum absolute atomic E-state index is 0.754. The first-order chi connectivity index (χ1) is 8.74. The summed E-state index contributed by atoms with van der Waals surface area (Å²) in [7, 11) is 1.88. The molecule has 0 radical (unpaired) electrons. The molecule has 5 heteroatoms. The highest BCUT2D eigenvalue weighted by Gasteiger charge is 2.05. The average Bonchev–Trinajstić information content (AvgIpc) is 2.79. The van der Waals surface area contributed by atoms with E-state index in [1.165, 1.54) is 0 Å². The molecule has 0 fully saturated rings. The van der Waals surface area contributed by atoms with Crippen LogP contribution in [0.4, 0.5) is 17.1 Å². The van der Waals surface area contributed by atoms with Crippen LogP contribution in [0, 0.1) is 0 Å². The second-order valence-corrected chi connectivity index (χ2v) is 4.15. The summed E-state index contributed by atoms with van der Waals surface area (Å²) in [6, 6.07) is 5.76. The first-order valence-corrected chi connectivity index (χ1v) is 5.62. The van der Waals surface area contributed by atoms with Crippen molar-refractivity contribution in [3.05, 3.63) is 43.0 Å². The molecule has 0 spiro atoms. The van der Waals surface area contributed by atoms with Crippen LogP contribution >= 0.6 is 0 Å². The van der Waals surface area contributed by atoms with Gasteiger partial charge in [-0.2, -0.15) is 5.10 Å². The maximum Gasteiger partial charge on any atom is 0.0770 e. The van der Waals surface area contributed by atoms with Crippen LogP contribution in [0.1, 0.15) is 0 Å². The number of fused-ring (bicyclic) bond motifs is 1. The number of benzene rings is 1. The van der Waals surface area contributed by atoms with Crippen LogP contribution in [0.25, 0.3) is 10.8 Å². The van der Waals surface area contributed by atoms with E-state index < -0.39 is 0 Å². The fourth-order valence-electron chi connectivity index (χ4n) is 1.96. The van der Waals surface area contributed by atoms with E-state index in [-0.39, 0.29) is 0 Å². The molecule has 0 aliphatic carbocycles. The Labute approximate surface area is 104 Å². The monoisotopic (exact) mass is 239 g/mol. The van der Waals surface area contributed by atoms with Crippen molar-refractivity contribution < 1.29 is 0 Å². The zero-order chi connectivity index (χ0) is 12.5. The summed E-state index contributed by atoms with van der Waals surface area (Å²) in [6.07, 6.45) is 7.24. The summed E-state index contributed by atoms with van der Waals surface area (Å²) in [5.41, 5.74) is 8.61. The molecule has 5 nitrogen and oxygen atoms in total. The number of aromatic nitrogens is 3. The maximum atomic E-state index is 5.95. The molecule has 0 unspecified atom stereocenters. The lowest BCUT2D eigenvalue weighted by Gasteiger charge is -2.09. The first kappa shape index (κ1) is 10.6. The Bertz CT molecular complexity index is 701. The van der Waals surface area contributed by atoms with Crippen LogP contribution in [0.2, 0.25) is 0 Å². The van der Waals surface area contributed by atoms with Gasteiger partial charge in [0.15, 0.2) is 0 Å². The van der Waals surface area contributed by atoms with Crippen molar-refractivity contribution in [1.29, 1.82) is 0 Å². The highest BCUT2D eigenvalue weighted by molar-refractivity contribution is 6.01. The molecule has 0 aliphatic heterocycles. The van der Waals surface area contributed by atoms with E-state index in [1.807, 2.05) is 37.6 Å². The van der Waals surface area contributed by atoms with Crippen LogP contribution < -0.4 is 11.1 Å². The highest BCUT2D eigenvalue weighted by Crippen LogP contribution is 2.29. The smallest absolute Gasteiger partial charge is 0.0770 e. The minimum atomic E-state index is 0.754. The van der Waals surface area contributed by atoms with Crippen molar-refractivity contribution in [1.82, 2.24) is 14.8 Å². The molecule has 0 aliphatic rings. The topological polar surface area (TPSA) is 68.8 Å². The number of nitrogens with one attached hydrogen (secondary N) is 1. The molecule has 2 heterocycles. The summed E-state index contributed by atoms with van der Waals surface area (Å²) in [5.74, 6) is 0. The molecule has 0 amide bonds. The van der Waals surface area contributed by atoms with Crippen molar-refractivity contribution in [2.75, 3.05) is 11.1 Å². The van der Waals surface area contributed by atoms with Crippen LogP contribution in [0.15, 0.2) is 43.0 Å². The quantitative estimate of drug-likeness (QED) is 0.673. The van der Waals surface area contributed by atoms with E-state index in [0.29, 0.717) is 0 Å². The van der Waals surface area contributed by atoms with Crippen molar-refractivity contribution in [2.24, 2.45) is 7.05 Å². The second kappa shape index (κ2) is 4.03. The van der Waals surface area contributed by atoms with Crippen LogP contribution in [-0.4, -0.2) is 14.8 Å². The van der Waals surface area contributed by atoms with Gasteiger partial charge >= 0.3 is 0 Å². The van der Waals surface area contributed by atoms with Crippen LogP contribution in [0.5, 0.6) is 0 Å². The van der Waals surface area contributed by atoms with E-state index in [4.69, 9.17) is 5.73 Å². The molecule has 2 aromatic heterocycles. The number of nitrogens with zero attached hydrogens (tertiary/aromatic N) is 3. The largest absolute Gasteiger partial charge is 0.398 e. The predicted octanol–water partition coefficient (Wildman–Crippen LogP) is 2.29. The normalized spacial score (nSPS) is 10.7. The SMILES string of the molecule is Cn1cc(Nc2ccc(N)c3ccncc23)cn1. The molecule has 0 saturated carbocycles. The van der Waals surface area contributed by atoms with Gasteiger partial charge in [-0.15, -0.1) is 0 Å². The first-order valence-electron chi connectivity index (χ1n) is 5.62. The molecule has 3 N–H and O–H groups in total. The molecule has 18 heavy (non-hydrogen) atoms. The average molecular weight is 239 g/mol. The number of pyridine rings is 1. The van der Waals surface area contributed by atoms with E-state index >= 15 is 0 Å². The van der Waals surface area contributed by atoms with Gasteiger partial charge in [0, 0.05) is 47.8 Å². The number of hydrogen-bond donors (Lipinski definition) is 2. The Morgan fingerprint density at radius 1 is 1.17 bits per heavy atom. The summed E-state index contributed by atoms with van der Waals surface area (Å²) < 4.78 is 1.75. The Kier molecular flexibility index (Phi) is 2.37. The van der Waals surface area contributed by atoms with E-state index in [0.717, 1.165) is 27.8 Å².